The summed E-state index contributed by atoms with van der Waals surface area (Å²) in [4.78, 5) is 15.1. The van der Waals surface area contributed by atoms with Gasteiger partial charge in [-0.25, -0.2) is 4.39 Å². The lowest BCUT2D eigenvalue weighted by molar-refractivity contribution is -0.117. The largest absolute Gasteiger partial charge is 0.419 e. The third-order valence-corrected chi connectivity index (χ3v) is 4.82. The molecule has 2 heterocycles. The van der Waals surface area contributed by atoms with Gasteiger partial charge in [-0.3, -0.25) is 9.69 Å². The van der Waals surface area contributed by atoms with Crippen molar-refractivity contribution in [1.29, 1.82) is 0 Å². The molecule has 3 aromatic rings. The highest BCUT2D eigenvalue weighted by Gasteiger charge is 2.16. The van der Waals surface area contributed by atoms with Gasteiger partial charge in [0.05, 0.1) is 23.0 Å². The van der Waals surface area contributed by atoms with Crippen LogP contribution in [-0.4, -0.2) is 34.1 Å². The van der Waals surface area contributed by atoms with Crippen LogP contribution in [0.15, 0.2) is 40.1 Å². The minimum atomic E-state index is -0.528. The summed E-state index contributed by atoms with van der Waals surface area (Å²) >= 11 is 7.26. The first-order chi connectivity index (χ1) is 13.0. The standard InChI is InChI=1S/C18H18ClFN4O2S/c1-2-7-24(10-16(25)21-12-5-6-14(20)13(19)9-12)11-17-22-23-18(26-17)15-4-3-8-27-15/h3-6,8-9H,2,7,10-11H2,1H3,(H,21,25). The van der Waals surface area contributed by atoms with Crippen molar-refractivity contribution >= 4 is 34.5 Å². The van der Waals surface area contributed by atoms with Crippen LogP contribution >= 0.6 is 22.9 Å². The fourth-order valence-electron chi connectivity index (χ4n) is 2.52. The Balaban J connectivity index is 1.61. The molecule has 0 aliphatic carbocycles. The van der Waals surface area contributed by atoms with Crippen molar-refractivity contribution in [2.45, 2.75) is 19.9 Å². The Morgan fingerprint density at radius 3 is 2.93 bits per heavy atom. The second kappa shape index (κ2) is 9.07. The van der Waals surface area contributed by atoms with E-state index in [0.29, 0.717) is 30.6 Å². The second-order valence-corrected chi connectivity index (χ2v) is 7.22. The molecule has 0 aliphatic heterocycles. The van der Waals surface area contributed by atoms with Crippen molar-refractivity contribution in [3.8, 4) is 10.8 Å². The number of aromatic nitrogens is 2. The smallest absolute Gasteiger partial charge is 0.257 e. The molecule has 0 aliphatic rings. The third-order valence-electron chi connectivity index (χ3n) is 3.67. The average molecular weight is 409 g/mol. The van der Waals surface area contributed by atoms with Gasteiger partial charge in [0.15, 0.2) is 0 Å². The Kier molecular flexibility index (Phi) is 6.54. The molecule has 0 radical (unpaired) electrons. The van der Waals surface area contributed by atoms with Crippen LogP contribution < -0.4 is 5.32 Å². The van der Waals surface area contributed by atoms with Gasteiger partial charge in [0, 0.05) is 5.69 Å². The van der Waals surface area contributed by atoms with Gasteiger partial charge >= 0.3 is 0 Å². The maximum Gasteiger partial charge on any atom is 0.257 e. The summed E-state index contributed by atoms with van der Waals surface area (Å²) in [6.07, 6.45) is 0.863. The summed E-state index contributed by atoms with van der Waals surface area (Å²) < 4.78 is 18.9. The van der Waals surface area contributed by atoms with Crippen LogP contribution in [0.4, 0.5) is 10.1 Å². The summed E-state index contributed by atoms with van der Waals surface area (Å²) in [7, 11) is 0. The van der Waals surface area contributed by atoms with E-state index in [-0.39, 0.29) is 17.5 Å². The van der Waals surface area contributed by atoms with Gasteiger partial charge in [-0.2, -0.15) is 0 Å². The number of anilines is 1. The molecule has 1 aromatic carbocycles. The van der Waals surface area contributed by atoms with E-state index in [1.165, 1.54) is 29.5 Å². The number of hydrogen-bond acceptors (Lipinski definition) is 6. The Morgan fingerprint density at radius 2 is 2.22 bits per heavy atom. The molecule has 1 amide bonds. The molecule has 0 saturated carbocycles. The Labute approximate surface area is 165 Å². The molecule has 0 atom stereocenters. The second-order valence-electron chi connectivity index (χ2n) is 5.87. The van der Waals surface area contributed by atoms with E-state index in [1.807, 2.05) is 29.3 Å². The fourth-order valence-corrected chi connectivity index (χ4v) is 3.34. The van der Waals surface area contributed by atoms with Crippen LogP contribution in [0.5, 0.6) is 0 Å². The van der Waals surface area contributed by atoms with Crippen LogP contribution in [0.3, 0.4) is 0 Å². The highest BCUT2D eigenvalue weighted by molar-refractivity contribution is 7.13. The molecule has 142 valence electrons. The zero-order valence-electron chi connectivity index (χ0n) is 14.6. The summed E-state index contributed by atoms with van der Waals surface area (Å²) in [6.45, 7) is 3.22. The third kappa shape index (κ3) is 5.35. The zero-order chi connectivity index (χ0) is 19.2. The molecule has 0 bridgehead atoms. The number of nitrogens with zero attached hydrogens (tertiary/aromatic N) is 3. The van der Waals surface area contributed by atoms with Crippen molar-refractivity contribution in [2.75, 3.05) is 18.4 Å². The van der Waals surface area contributed by atoms with Gasteiger partial charge in [0.1, 0.15) is 5.82 Å². The summed E-state index contributed by atoms with van der Waals surface area (Å²) in [5.41, 5.74) is 0.445. The molecule has 9 heteroatoms. The summed E-state index contributed by atoms with van der Waals surface area (Å²) in [5.74, 6) is 0.163. The van der Waals surface area contributed by atoms with E-state index >= 15 is 0 Å². The lowest BCUT2D eigenvalue weighted by Crippen LogP contribution is -2.33. The Hall–Kier alpha value is -2.29. The minimum Gasteiger partial charge on any atom is -0.419 e. The number of hydrogen-bond donors (Lipinski definition) is 1. The summed E-state index contributed by atoms with van der Waals surface area (Å²) in [6, 6.07) is 7.89. The molecule has 0 spiro atoms. The number of nitrogens with one attached hydrogen (secondary N) is 1. The first kappa shape index (κ1) is 19.5. The molecule has 0 unspecified atom stereocenters. The molecule has 0 fully saturated rings. The van der Waals surface area contributed by atoms with Crippen LogP contribution in [0.2, 0.25) is 5.02 Å². The van der Waals surface area contributed by atoms with Gasteiger partial charge in [0.25, 0.3) is 5.89 Å². The Morgan fingerprint density at radius 1 is 1.37 bits per heavy atom. The molecule has 2 aromatic heterocycles. The molecule has 1 N–H and O–H groups in total. The Bertz CT molecular complexity index is 901. The lowest BCUT2D eigenvalue weighted by atomic mass is 10.3. The molecule has 6 nitrogen and oxygen atoms in total. The normalized spacial score (nSPS) is 11.1. The van der Waals surface area contributed by atoms with Crippen molar-refractivity contribution in [2.24, 2.45) is 0 Å². The molecule has 0 saturated heterocycles. The molecular weight excluding hydrogens is 391 g/mol. The highest BCUT2D eigenvalue weighted by atomic mass is 35.5. The van der Waals surface area contributed by atoms with Crippen molar-refractivity contribution in [1.82, 2.24) is 15.1 Å². The highest BCUT2D eigenvalue weighted by Crippen LogP contribution is 2.23. The predicted molar refractivity (Wildman–Crippen MR) is 103 cm³/mol. The number of benzene rings is 1. The maximum absolute atomic E-state index is 13.2. The average Bonchev–Trinajstić information content (AvgIpc) is 3.29. The minimum absolute atomic E-state index is 0.0369. The fraction of sp³-hybridized carbons (Fsp3) is 0.278. The van der Waals surface area contributed by atoms with Crippen molar-refractivity contribution in [3.05, 3.63) is 52.4 Å². The quantitative estimate of drug-likeness (QED) is 0.596. The number of rotatable bonds is 8. The van der Waals surface area contributed by atoms with Gasteiger partial charge in [-0.1, -0.05) is 24.6 Å². The molecule has 3 rings (SSSR count). The van der Waals surface area contributed by atoms with Crippen molar-refractivity contribution < 1.29 is 13.6 Å². The summed E-state index contributed by atoms with van der Waals surface area (Å²) in [5, 5.41) is 12.7. The first-order valence-corrected chi connectivity index (χ1v) is 9.64. The van der Waals surface area contributed by atoms with Crippen LogP contribution in [0.25, 0.3) is 10.8 Å². The van der Waals surface area contributed by atoms with Crippen LogP contribution in [0.1, 0.15) is 19.2 Å². The lowest BCUT2D eigenvalue weighted by Gasteiger charge is -2.19. The van der Waals surface area contributed by atoms with Crippen LogP contribution in [0, 0.1) is 5.82 Å². The first-order valence-electron chi connectivity index (χ1n) is 8.38. The van der Waals surface area contributed by atoms with E-state index in [1.54, 1.807) is 0 Å². The van der Waals surface area contributed by atoms with Gasteiger partial charge in [0.2, 0.25) is 11.8 Å². The van der Waals surface area contributed by atoms with E-state index in [9.17, 15) is 9.18 Å². The number of amides is 1. The number of thiophene rings is 1. The van der Waals surface area contributed by atoms with Gasteiger partial charge in [-0.05, 0) is 42.6 Å². The predicted octanol–water partition coefficient (Wildman–Crippen LogP) is 4.44. The zero-order valence-corrected chi connectivity index (χ0v) is 16.2. The maximum atomic E-state index is 13.2. The SMILES string of the molecule is CCCN(CC(=O)Nc1ccc(F)c(Cl)c1)Cc1nnc(-c2cccs2)o1. The number of carbonyl (C=O) groups excluding carboxylic acids is 1. The van der Waals surface area contributed by atoms with E-state index in [0.717, 1.165) is 11.3 Å². The van der Waals surface area contributed by atoms with Crippen LogP contribution in [-0.2, 0) is 11.3 Å². The van der Waals surface area contributed by atoms with Gasteiger partial charge < -0.3 is 9.73 Å². The molecule has 27 heavy (non-hydrogen) atoms. The van der Waals surface area contributed by atoms with Gasteiger partial charge in [-0.15, -0.1) is 21.5 Å². The number of halogens is 2. The van der Waals surface area contributed by atoms with Crippen molar-refractivity contribution in [3.63, 3.8) is 0 Å². The molecular formula is C18H18ClFN4O2S. The number of carbonyl (C=O) groups is 1. The monoisotopic (exact) mass is 408 g/mol. The van der Waals surface area contributed by atoms with E-state index in [4.69, 9.17) is 16.0 Å². The topological polar surface area (TPSA) is 71.3 Å². The van der Waals surface area contributed by atoms with E-state index in [2.05, 4.69) is 15.5 Å². The van der Waals surface area contributed by atoms with E-state index < -0.39 is 5.82 Å².